The Morgan fingerprint density at radius 2 is 1.86 bits per heavy atom. The summed E-state index contributed by atoms with van der Waals surface area (Å²) < 4.78 is 5.16. The maximum absolute atomic E-state index is 12.1. The van der Waals surface area contributed by atoms with Crippen molar-refractivity contribution in [3.8, 4) is 0 Å². The Kier molecular flexibility index (Phi) is 6.56. The highest BCUT2D eigenvalue weighted by Crippen LogP contribution is 2.23. The second kappa shape index (κ2) is 7.93. The van der Waals surface area contributed by atoms with E-state index in [-0.39, 0.29) is 24.8 Å². The van der Waals surface area contributed by atoms with E-state index in [1.54, 1.807) is 0 Å². The second-order valence-corrected chi connectivity index (χ2v) is 5.89. The van der Waals surface area contributed by atoms with Crippen LogP contribution in [0.5, 0.6) is 0 Å². The van der Waals surface area contributed by atoms with Crippen LogP contribution in [0.15, 0.2) is 30.3 Å². The molecule has 0 aliphatic carbocycles. The van der Waals surface area contributed by atoms with E-state index in [0.717, 1.165) is 12.0 Å². The fourth-order valence-corrected chi connectivity index (χ4v) is 1.89. The van der Waals surface area contributed by atoms with Crippen molar-refractivity contribution in [1.29, 1.82) is 0 Å². The molecule has 0 bridgehead atoms. The summed E-state index contributed by atoms with van der Waals surface area (Å²) in [5.41, 5.74) is 6.38. The van der Waals surface area contributed by atoms with E-state index in [9.17, 15) is 9.59 Å². The van der Waals surface area contributed by atoms with Gasteiger partial charge in [-0.3, -0.25) is 9.59 Å². The van der Waals surface area contributed by atoms with E-state index in [4.69, 9.17) is 10.5 Å². The minimum Gasteiger partial charge on any atom is -0.461 e. The Labute approximate surface area is 126 Å². The van der Waals surface area contributed by atoms with Crippen LogP contribution in [0.1, 0.15) is 45.6 Å². The van der Waals surface area contributed by atoms with Crippen LogP contribution in [0.4, 0.5) is 0 Å². The Balaban J connectivity index is 2.34. The van der Waals surface area contributed by atoms with Gasteiger partial charge in [0.2, 0.25) is 0 Å². The molecule has 0 amide bonds. The molecule has 1 aromatic rings. The van der Waals surface area contributed by atoms with Gasteiger partial charge in [0, 0.05) is 11.8 Å². The van der Waals surface area contributed by atoms with Gasteiger partial charge < -0.3 is 10.5 Å². The highest BCUT2D eigenvalue weighted by atomic mass is 16.5. The zero-order valence-corrected chi connectivity index (χ0v) is 13.1. The zero-order valence-electron chi connectivity index (χ0n) is 13.1. The van der Waals surface area contributed by atoms with E-state index in [2.05, 4.69) is 0 Å². The van der Waals surface area contributed by atoms with E-state index < -0.39 is 11.5 Å². The van der Waals surface area contributed by atoms with Gasteiger partial charge in [-0.15, -0.1) is 0 Å². The lowest BCUT2D eigenvalue weighted by molar-refractivity contribution is -0.145. The molecule has 0 heterocycles. The van der Waals surface area contributed by atoms with Gasteiger partial charge in [0.1, 0.15) is 6.61 Å². The van der Waals surface area contributed by atoms with Crippen molar-refractivity contribution in [2.75, 3.05) is 0 Å². The van der Waals surface area contributed by atoms with Crippen molar-refractivity contribution in [1.82, 2.24) is 0 Å². The van der Waals surface area contributed by atoms with Crippen LogP contribution in [-0.4, -0.2) is 17.8 Å². The maximum atomic E-state index is 12.1. The first kappa shape index (κ1) is 17.4. The minimum absolute atomic E-state index is 0.000796. The third kappa shape index (κ3) is 5.68. The molecule has 116 valence electrons. The van der Waals surface area contributed by atoms with Gasteiger partial charge >= 0.3 is 5.97 Å². The summed E-state index contributed by atoms with van der Waals surface area (Å²) in [5.74, 6) is -0.322. The molecule has 0 spiro atoms. The van der Waals surface area contributed by atoms with Gasteiger partial charge in [-0.25, -0.2) is 0 Å². The normalized spacial score (nSPS) is 12.8. The molecule has 2 N–H and O–H groups in total. The molecular formula is C17H25NO3. The Hall–Kier alpha value is -1.68. The SMILES string of the molecule is CCC(C)(C)C(=O)[C@H](N)CCC(=O)OCc1ccccc1. The fourth-order valence-electron chi connectivity index (χ4n) is 1.89. The topological polar surface area (TPSA) is 69.4 Å². The monoisotopic (exact) mass is 291 g/mol. The maximum Gasteiger partial charge on any atom is 0.306 e. The number of hydrogen-bond donors (Lipinski definition) is 1. The van der Waals surface area contributed by atoms with Crippen molar-refractivity contribution < 1.29 is 14.3 Å². The minimum atomic E-state index is -0.607. The molecule has 0 radical (unpaired) electrons. The molecule has 0 unspecified atom stereocenters. The standard InChI is InChI=1S/C17H25NO3/c1-4-17(2,3)16(20)14(18)10-11-15(19)21-12-13-8-6-5-7-9-13/h5-9,14H,4,10-12,18H2,1-3H3/t14-/m1/s1. The number of nitrogens with two attached hydrogens (primary N) is 1. The molecule has 0 aliphatic rings. The lowest BCUT2D eigenvalue weighted by atomic mass is 9.81. The third-order valence-corrected chi connectivity index (χ3v) is 3.79. The Morgan fingerprint density at radius 1 is 1.24 bits per heavy atom. The Morgan fingerprint density at radius 3 is 2.43 bits per heavy atom. The molecule has 0 aromatic heterocycles. The molecule has 0 saturated heterocycles. The van der Waals surface area contributed by atoms with Crippen LogP contribution >= 0.6 is 0 Å². The van der Waals surface area contributed by atoms with E-state index >= 15 is 0 Å². The summed E-state index contributed by atoms with van der Waals surface area (Å²) in [5, 5.41) is 0. The number of ether oxygens (including phenoxy) is 1. The number of esters is 1. The highest BCUT2D eigenvalue weighted by molar-refractivity contribution is 5.89. The van der Waals surface area contributed by atoms with Crippen LogP contribution in [0.3, 0.4) is 0 Å². The first-order valence-corrected chi connectivity index (χ1v) is 7.36. The van der Waals surface area contributed by atoms with Crippen molar-refractivity contribution in [3.63, 3.8) is 0 Å². The van der Waals surface area contributed by atoms with Gasteiger partial charge in [0.15, 0.2) is 5.78 Å². The molecule has 4 nitrogen and oxygen atoms in total. The number of hydrogen-bond acceptors (Lipinski definition) is 4. The quantitative estimate of drug-likeness (QED) is 0.748. The summed E-state index contributed by atoms with van der Waals surface area (Å²) in [6, 6.07) is 8.88. The molecule has 4 heteroatoms. The molecule has 0 saturated carbocycles. The van der Waals surface area contributed by atoms with Crippen LogP contribution in [0, 0.1) is 5.41 Å². The van der Waals surface area contributed by atoms with Crippen molar-refractivity contribution in [2.24, 2.45) is 11.1 Å². The number of benzene rings is 1. The predicted molar refractivity (Wildman–Crippen MR) is 82.5 cm³/mol. The average molecular weight is 291 g/mol. The van der Waals surface area contributed by atoms with Crippen molar-refractivity contribution in [3.05, 3.63) is 35.9 Å². The molecule has 1 aromatic carbocycles. The summed E-state index contributed by atoms with van der Waals surface area (Å²) in [6.07, 6.45) is 1.23. The van der Waals surface area contributed by atoms with Crippen LogP contribution in [-0.2, 0) is 20.9 Å². The number of Topliss-reactive ketones (excluding diaryl/α,β-unsaturated/α-hetero) is 1. The molecule has 1 atom stereocenters. The summed E-state index contributed by atoms with van der Waals surface area (Å²) in [4.78, 5) is 23.8. The van der Waals surface area contributed by atoms with Gasteiger partial charge in [-0.2, -0.15) is 0 Å². The Bertz CT molecular complexity index is 468. The first-order valence-electron chi connectivity index (χ1n) is 7.36. The largest absolute Gasteiger partial charge is 0.461 e. The number of carbonyl (C=O) groups is 2. The van der Waals surface area contributed by atoms with E-state index in [1.165, 1.54) is 0 Å². The third-order valence-electron chi connectivity index (χ3n) is 3.79. The highest BCUT2D eigenvalue weighted by Gasteiger charge is 2.30. The van der Waals surface area contributed by atoms with Gasteiger partial charge in [-0.1, -0.05) is 51.1 Å². The summed E-state index contributed by atoms with van der Waals surface area (Å²) >= 11 is 0. The van der Waals surface area contributed by atoms with Crippen LogP contribution in [0.2, 0.25) is 0 Å². The lowest BCUT2D eigenvalue weighted by Crippen LogP contribution is -2.40. The zero-order chi connectivity index (χ0) is 15.9. The van der Waals surface area contributed by atoms with E-state index in [1.807, 2.05) is 51.1 Å². The summed E-state index contributed by atoms with van der Waals surface area (Å²) in [6.45, 7) is 5.97. The van der Waals surface area contributed by atoms with E-state index in [0.29, 0.717) is 6.42 Å². The van der Waals surface area contributed by atoms with Gasteiger partial charge in [0.25, 0.3) is 0 Å². The smallest absolute Gasteiger partial charge is 0.306 e. The van der Waals surface area contributed by atoms with Gasteiger partial charge in [0.05, 0.1) is 6.04 Å². The van der Waals surface area contributed by atoms with Crippen molar-refractivity contribution in [2.45, 2.75) is 52.7 Å². The van der Waals surface area contributed by atoms with Crippen LogP contribution in [0.25, 0.3) is 0 Å². The predicted octanol–water partition coefficient (Wildman–Crippen LogP) is 2.84. The molecule has 1 rings (SSSR count). The lowest BCUT2D eigenvalue weighted by Gasteiger charge is -2.24. The number of carbonyl (C=O) groups excluding carboxylic acids is 2. The second-order valence-electron chi connectivity index (χ2n) is 5.89. The molecular weight excluding hydrogens is 266 g/mol. The first-order chi connectivity index (χ1) is 9.86. The van der Waals surface area contributed by atoms with Crippen LogP contribution < -0.4 is 5.73 Å². The summed E-state index contributed by atoms with van der Waals surface area (Å²) in [7, 11) is 0. The van der Waals surface area contributed by atoms with Gasteiger partial charge in [-0.05, 0) is 18.4 Å². The molecule has 0 aliphatic heterocycles. The molecule has 0 fully saturated rings. The number of rotatable bonds is 8. The van der Waals surface area contributed by atoms with Crippen molar-refractivity contribution >= 4 is 11.8 Å². The molecule has 21 heavy (non-hydrogen) atoms. The number of ketones is 1. The fraction of sp³-hybridized carbons (Fsp3) is 0.529. The average Bonchev–Trinajstić information content (AvgIpc) is 2.50.